The number of aliphatic hydroxyl groups is 1. The number of fused-ring (bicyclic) bond motifs is 1. The van der Waals surface area contributed by atoms with Crippen LogP contribution in [0.5, 0.6) is 5.75 Å². The van der Waals surface area contributed by atoms with Crippen LogP contribution in [0.2, 0.25) is 0 Å². The molecule has 2 aliphatic heterocycles. The third-order valence-corrected chi connectivity index (χ3v) is 6.65. The summed E-state index contributed by atoms with van der Waals surface area (Å²) in [7, 11) is 1.68. The van der Waals surface area contributed by atoms with Crippen LogP contribution in [0.3, 0.4) is 0 Å². The smallest absolute Gasteiger partial charge is 0.251 e. The first-order chi connectivity index (χ1) is 16.1. The predicted molar refractivity (Wildman–Crippen MR) is 125 cm³/mol. The molecule has 0 aromatic heterocycles. The van der Waals surface area contributed by atoms with Crippen molar-refractivity contribution in [3.8, 4) is 5.75 Å². The SMILES string of the molecule is CC[C@@]1(c2ccccc2)COc2c(C(O)NC)cc(C(=O)NCCCC3OCCCO3)cc21. The Kier molecular flexibility index (Phi) is 7.65. The van der Waals surface area contributed by atoms with Crippen molar-refractivity contribution in [2.75, 3.05) is 33.4 Å². The summed E-state index contributed by atoms with van der Waals surface area (Å²) in [5.74, 6) is 0.489. The van der Waals surface area contributed by atoms with Gasteiger partial charge in [-0.3, -0.25) is 10.1 Å². The number of amides is 1. The van der Waals surface area contributed by atoms with Gasteiger partial charge in [0, 0.05) is 29.7 Å². The molecule has 1 fully saturated rings. The predicted octanol–water partition coefficient (Wildman–Crippen LogP) is 3.26. The highest BCUT2D eigenvalue weighted by molar-refractivity contribution is 5.95. The van der Waals surface area contributed by atoms with Gasteiger partial charge in [-0.05, 0) is 44.0 Å². The van der Waals surface area contributed by atoms with Gasteiger partial charge >= 0.3 is 0 Å². The Bertz CT molecular complexity index is 945. The first-order valence-corrected chi connectivity index (χ1v) is 11.8. The van der Waals surface area contributed by atoms with Crippen LogP contribution in [-0.2, 0) is 14.9 Å². The fourth-order valence-corrected chi connectivity index (χ4v) is 4.70. The van der Waals surface area contributed by atoms with Gasteiger partial charge in [0.15, 0.2) is 6.29 Å². The van der Waals surface area contributed by atoms with Crippen LogP contribution >= 0.6 is 0 Å². The Hall–Kier alpha value is -2.45. The van der Waals surface area contributed by atoms with Crippen LogP contribution in [0, 0.1) is 0 Å². The molecule has 1 unspecified atom stereocenters. The summed E-state index contributed by atoms with van der Waals surface area (Å²) in [6, 6.07) is 13.9. The average Bonchev–Trinajstić information content (AvgIpc) is 3.26. The Morgan fingerprint density at radius 1 is 1.21 bits per heavy atom. The molecule has 2 atom stereocenters. The van der Waals surface area contributed by atoms with Gasteiger partial charge in [0.2, 0.25) is 0 Å². The second-order valence-electron chi connectivity index (χ2n) is 8.65. The molecule has 178 valence electrons. The number of rotatable bonds is 9. The number of benzene rings is 2. The molecule has 7 nitrogen and oxygen atoms in total. The van der Waals surface area contributed by atoms with Gasteiger partial charge in [0.25, 0.3) is 5.91 Å². The van der Waals surface area contributed by atoms with Gasteiger partial charge < -0.3 is 24.6 Å². The largest absolute Gasteiger partial charge is 0.492 e. The number of ether oxygens (including phenoxy) is 3. The molecular formula is C26H34N2O5. The molecule has 0 bridgehead atoms. The first kappa shape index (κ1) is 23.7. The maximum absolute atomic E-state index is 13.1. The number of aliphatic hydroxyl groups excluding tert-OH is 1. The van der Waals surface area contributed by atoms with Crippen LogP contribution in [0.25, 0.3) is 0 Å². The molecule has 3 N–H and O–H groups in total. The van der Waals surface area contributed by atoms with Gasteiger partial charge in [0.1, 0.15) is 18.6 Å². The molecule has 2 heterocycles. The first-order valence-electron chi connectivity index (χ1n) is 11.8. The molecule has 33 heavy (non-hydrogen) atoms. The van der Waals surface area contributed by atoms with Crippen LogP contribution in [-0.4, -0.2) is 50.7 Å². The fourth-order valence-electron chi connectivity index (χ4n) is 4.70. The van der Waals surface area contributed by atoms with Crippen LogP contribution in [0.1, 0.15) is 65.9 Å². The molecule has 7 heteroatoms. The second-order valence-corrected chi connectivity index (χ2v) is 8.65. The van der Waals surface area contributed by atoms with Gasteiger partial charge in [-0.2, -0.15) is 0 Å². The van der Waals surface area contributed by atoms with E-state index in [2.05, 4.69) is 29.7 Å². The molecule has 2 aliphatic rings. The fraction of sp³-hybridized carbons (Fsp3) is 0.500. The zero-order chi connectivity index (χ0) is 23.3. The van der Waals surface area contributed by atoms with Gasteiger partial charge in [-0.1, -0.05) is 37.3 Å². The van der Waals surface area contributed by atoms with E-state index in [1.165, 1.54) is 0 Å². The van der Waals surface area contributed by atoms with Crippen molar-refractivity contribution in [3.63, 3.8) is 0 Å². The Morgan fingerprint density at radius 2 is 1.97 bits per heavy atom. The van der Waals surface area contributed by atoms with Crippen LogP contribution in [0.15, 0.2) is 42.5 Å². The molecule has 0 aliphatic carbocycles. The van der Waals surface area contributed by atoms with Crippen LogP contribution < -0.4 is 15.4 Å². The topological polar surface area (TPSA) is 89.1 Å². The number of carbonyl (C=O) groups excluding carboxylic acids is 1. The lowest BCUT2D eigenvalue weighted by Gasteiger charge is -2.28. The molecule has 2 aromatic carbocycles. The van der Waals surface area contributed by atoms with Gasteiger partial charge in [-0.25, -0.2) is 0 Å². The van der Waals surface area contributed by atoms with E-state index in [0.717, 1.165) is 50.0 Å². The lowest BCUT2D eigenvalue weighted by Crippen LogP contribution is -2.30. The highest BCUT2D eigenvalue weighted by Gasteiger charge is 2.43. The van der Waals surface area contributed by atoms with Crippen LogP contribution in [0.4, 0.5) is 0 Å². The number of carbonyl (C=O) groups is 1. The molecule has 0 saturated carbocycles. The minimum atomic E-state index is -0.935. The summed E-state index contributed by atoms with van der Waals surface area (Å²) >= 11 is 0. The molecule has 2 aromatic rings. The van der Waals surface area contributed by atoms with Crippen molar-refractivity contribution in [3.05, 3.63) is 64.7 Å². The van der Waals surface area contributed by atoms with E-state index in [1.807, 2.05) is 24.3 Å². The lowest BCUT2D eigenvalue weighted by atomic mass is 9.73. The van der Waals surface area contributed by atoms with Gasteiger partial charge in [-0.15, -0.1) is 0 Å². The summed E-state index contributed by atoms with van der Waals surface area (Å²) in [6.45, 7) is 4.58. The van der Waals surface area contributed by atoms with Crippen molar-refractivity contribution in [1.29, 1.82) is 0 Å². The molecule has 4 rings (SSSR count). The summed E-state index contributed by atoms with van der Waals surface area (Å²) in [5.41, 5.74) is 2.81. The summed E-state index contributed by atoms with van der Waals surface area (Å²) in [6.07, 6.45) is 2.13. The molecule has 1 amide bonds. The maximum atomic E-state index is 13.1. The highest BCUT2D eigenvalue weighted by Crippen LogP contribution is 2.48. The van der Waals surface area contributed by atoms with Crippen molar-refractivity contribution in [1.82, 2.24) is 10.6 Å². The summed E-state index contributed by atoms with van der Waals surface area (Å²) in [4.78, 5) is 13.1. The Labute approximate surface area is 195 Å². The normalized spacial score (nSPS) is 21.3. The maximum Gasteiger partial charge on any atom is 0.251 e. The average molecular weight is 455 g/mol. The zero-order valence-corrected chi connectivity index (χ0v) is 19.4. The quantitative estimate of drug-likeness (QED) is 0.398. The van der Waals surface area contributed by atoms with Crippen molar-refractivity contribution < 1.29 is 24.1 Å². The molecule has 1 saturated heterocycles. The monoisotopic (exact) mass is 454 g/mol. The van der Waals surface area contributed by atoms with E-state index in [9.17, 15) is 9.90 Å². The Morgan fingerprint density at radius 3 is 2.67 bits per heavy atom. The van der Waals surface area contributed by atoms with Gasteiger partial charge in [0.05, 0.1) is 18.6 Å². The van der Waals surface area contributed by atoms with E-state index < -0.39 is 6.23 Å². The minimum Gasteiger partial charge on any atom is -0.492 e. The summed E-state index contributed by atoms with van der Waals surface area (Å²) in [5, 5.41) is 16.5. The van der Waals surface area contributed by atoms with E-state index in [1.54, 1.807) is 13.1 Å². The highest BCUT2D eigenvalue weighted by atomic mass is 16.7. The second kappa shape index (κ2) is 10.7. The standard InChI is InChI=1S/C26H34N2O5/c1-3-26(19-9-5-4-6-10-19)17-33-23-20(25(30)27-2)15-18(16-21(23)26)24(29)28-12-7-11-22-31-13-8-14-32-22/h4-6,9-10,15-16,22,25,27,30H,3,7-8,11-14,17H2,1-2H3,(H,28,29)/t25?,26-/m0/s1. The van der Waals surface area contributed by atoms with E-state index in [-0.39, 0.29) is 17.6 Å². The van der Waals surface area contributed by atoms with Crippen molar-refractivity contribution in [2.45, 2.75) is 50.5 Å². The molecule has 0 spiro atoms. The molecular weight excluding hydrogens is 420 g/mol. The van der Waals surface area contributed by atoms with E-state index >= 15 is 0 Å². The lowest BCUT2D eigenvalue weighted by molar-refractivity contribution is -0.181. The third-order valence-electron chi connectivity index (χ3n) is 6.65. The van der Waals surface area contributed by atoms with E-state index in [0.29, 0.717) is 30.0 Å². The Balaban J connectivity index is 1.57. The summed E-state index contributed by atoms with van der Waals surface area (Å²) < 4.78 is 17.3. The van der Waals surface area contributed by atoms with E-state index in [4.69, 9.17) is 14.2 Å². The zero-order valence-electron chi connectivity index (χ0n) is 19.4. The number of nitrogens with one attached hydrogen (secondary N) is 2. The minimum absolute atomic E-state index is 0.169. The third kappa shape index (κ3) is 4.92. The van der Waals surface area contributed by atoms with Crippen molar-refractivity contribution in [2.24, 2.45) is 0 Å². The number of hydrogen-bond acceptors (Lipinski definition) is 6. The number of hydrogen-bond donors (Lipinski definition) is 3. The van der Waals surface area contributed by atoms with Crippen molar-refractivity contribution >= 4 is 5.91 Å². The molecule has 0 radical (unpaired) electrons.